The van der Waals surface area contributed by atoms with Crippen LogP contribution in [0.1, 0.15) is 26.3 Å². The van der Waals surface area contributed by atoms with Gasteiger partial charge < -0.3 is 10.6 Å². The second kappa shape index (κ2) is 8.48. The van der Waals surface area contributed by atoms with Crippen molar-refractivity contribution in [3.63, 3.8) is 0 Å². The summed E-state index contributed by atoms with van der Waals surface area (Å²) in [7, 11) is 0. The Morgan fingerprint density at radius 2 is 1.24 bits per heavy atom. The standard InChI is InChI=1S/C21H14BrF3N2O2/c22-16-7-1-4-13(10-16)19(28)26-17-8-2-5-14(11-17)20(29)27-18-9-3-6-15(12-18)21(23,24)25/h1-12H,(H,26,28)(H,27,29). The SMILES string of the molecule is O=C(Nc1cccc(C(=O)Nc2cccc(C(F)(F)F)c2)c1)c1cccc(Br)c1. The zero-order chi connectivity index (χ0) is 21.0. The van der Waals surface area contributed by atoms with Gasteiger partial charge in [0.25, 0.3) is 11.8 Å². The number of hydrogen-bond acceptors (Lipinski definition) is 2. The first-order chi connectivity index (χ1) is 13.7. The van der Waals surface area contributed by atoms with E-state index in [1.54, 1.807) is 36.4 Å². The van der Waals surface area contributed by atoms with Crippen LogP contribution in [-0.4, -0.2) is 11.8 Å². The van der Waals surface area contributed by atoms with Crippen molar-refractivity contribution in [1.82, 2.24) is 0 Å². The summed E-state index contributed by atoms with van der Waals surface area (Å²) in [6.45, 7) is 0. The number of anilines is 2. The van der Waals surface area contributed by atoms with Crippen LogP contribution in [0.5, 0.6) is 0 Å². The van der Waals surface area contributed by atoms with Gasteiger partial charge in [0.05, 0.1) is 5.56 Å². The predicted octanol–water partition coefficient (Wildman–Crippen LogP) is 5.97. The zero-order valence-corrected chi connectivity index (χ0v) is 16.3. The maximum Gasteiger partial charge on any atom is 0.416 e. The molecule has 0 bridgehead atoms. The van der Waals surface area contributed by atoms with E-state index < -0.39 is 17.6 Å². The van der Waals surface area contributed by atoms with Crippen LogP contribution < -0.4 is 10.6 Å². The van der Waals surface area contributed by atoms with E-state index in [1.165, 1.54) is 24.3 Å². The van der Waals surface area contributed by atoms with Crippen LogP contribution in [0.15, 0.2) is 77.3 Å². The van der Waals surface area contributed by atoms with Gasteiger partial charge in [-0.1, -0.05) is 34.1 Å². The predicted molar refractivity (Wildman–Crippen MR) is 108 cm³/mol. The minimum absolute atomic E-state index is 0.0217. The molecule has 4 nitrogen and oxygen atoms in total. The summed E-state index contributed by atoms with van der Waals surface area (Å²) in [4.78, 5) is 24.7. The van der Waals surface area contributed by atoms with Crippen molar-refractivity contribution in [3.05, 3.63) is 94.0 Å². The topological polar surface area (TPSA) is 58.2 Å². The molecular formula is C21H14BrF3N2O2. The summed E-state index contributed by atoms with van der Waals surface area (Å²) in [5.74, 6) is -0.954. The zero-order valence-electron chi connectivity index (χ0n) is 14.8. The molecule has 0 aliphatic carbocycles. The van der Waals surface area contributed by atoms with Crippen LogP contribution in [0.2, 0.25) is 0 Å². The second-order valence-electron chi connectivity index (χ2n) is 6.08. The van der Waals surface area contributed by atoms with Crippen molar-refractivity contribution in [3.8, 4) is 0 Å². The van der Waals surface area contributed by atoms with Crippen molar-refractivity contribution in [2.24, 2.45) is 0 Å². The molecule has 0 atom stereocenters. The lowest BCUT2D eigenvalue weighted by atomic mass is 10.1. The molecule has 0 aliphatic heterocycles. The molecule has 0 fully saturated rings. The number of amides is 2. The summed E-state index contributed by atoms with van der Waals surface area (Å²) in [6.07, 6.45) is -4.50. The molecule has 2 amide bonds. The molecule has 29 heavy (non-hydrogen) atoms. The number of hydrogen-bond donors (Lipinski definition) is 2. The summed E-state index contributed by atoms with van der Waals surface area (Å²) in [5.41, 5.74) is 0.165. The van der Waals surface area contributed by atoms with Crippen LogP contribution in [0.25, 0.3) is 0 Å². The molecule has 3 aromatic rings. The molecule has 0 heterocycles. The molecule has 0 aromatic heterocycles. The summed E-state index contributed by atoms with van der Waals surface area (Å²) in [5, 5.41) is 5.12. The van der Waals surface area contributed by atoms with Crippen molar-refractivity contribution in [1.29, 1.82) is 0 Å². The van der Waals surface area contributed by atoms with E-state index >= 15 is 0 Å². The third kappa shape index (κ3) is 5.45. The maximum atomic E-state index is 12.8. The van der Waals surface area contributed by atoms with Gasteiger partial charge in [0.2, 0.25) is 0 Å². The van der Waals surface area contributed by atoms with Crippen LogP contribution in [-0.2, 0) is 6.18 Å². The molecule has 0 saturated carbocycles. The van der Waals surface area contributed by atoms with Gasteiger partial charge in [0.15, 0.2) is 0 Å². The molecule has 0 unspecified atom stereocenters. The van der Waals surface area contributed by atoms with Gasteiger partial charge in [-0.3, -0.25) is 9.59 Å². The molecular weight excluding hydrogens is 449 g/mol. The van der Waals surface area contributed by atoms with Crippen molar-refractivity contribution >= 4 is 39.1 Å². The maximum absolute atomic E-state index is 12.8. The average Bonchev–Trinajstić information content (AvgIpc) is 2.68. The molecule has 0 radical (unpaired) electrons. The van der Waals surface area contributed by atoms with Crippen molar-refractivity contribution in [2.45, 2.75) is 6.18 Å². The van der Waals surface area contributed by atoms with Gasteiger partial charge in [-0.05, 0) is 54.6 Å². The highest BCUT2D eigenvalue weighted by Crippen LogP contribution is 2.30. The molecule has 0 saturated heterocycles. The number of rotatable bonds is 4. The fourth-order valence-corrected chi connectivity index (χ4v) is 2.95. The van der Waals surface area contributed by atoms with Crippen molar-refractivity contribution < 1.29 is 22.8 Å². The largest absolute Gasteiger partial charge is 0.416 e. The second-order valence-corrected chi connectivity index (χ2v) is 6.99. The first-order valence-corrected chi connectivity index (χ1v) is 9.17. The summed E-state index contributed by atoms with van der Waals surface area (Å²) < 4.78 is 39.2. The van der Waals surface area contributed by atoms with E-state index in [4.69, 9.17) is 0 Å². The molecule has 148 valence electrons. The smallest absolute Gasteiger partial charge is 0.322 e. The van der Waals surface area contributed by atoms with E-state index in [1.807, 2.05) is 0 Å². The first-order valence-electron chi connectivity index (χ1n) is 8.38. The van der Waals surface area contributed by atoms with Gasteiger partial charge in [-0.2, -0.15) is 13.2 Å². The van der Waals surface area contributed by atoms with Gasteiger partial charge in [-0.25, -0.2) is 0 Å². The summed E-state index contributed by atoms with van der Waals surface area (Å²) >= 11 is 3.29. The Bertz CT molecular complexity index is 1070. The van der Waals surface area contributed by atoms with Gasteiger partial charge in [-0.15, -0.1) is 0 Å². The average molecular weight is 463 g/mol. The molecule has 0 spiro atoms. The number of carbonyl (C=O) groups excluding carboxylic acids is 2. The van der Waals surface area contributed by atoms with E-state index in [-0.39, 0.29) is 17.2 Å². The van der Waals surface area contributed by atoms with E-state index in [2.05, 4.69) is 26.6 Å². The van der Waals surface area contributed by atoms with Crippen LogP contribution in [0.4, 0.5) is 24.5 Å². The van der Waals surface area contributed by atoms with Gasteiger partial charge in [0.1, 0.15) is 0 Å². The van der Waals surface area contributed by atoms with Crippen LogP contribution in [0, 0.1) is 0 Å². The third-order valence-corrected chi connectivity index (χ3v) is 4.41. The van der Waals surface area contributed by atoms with E-state index in [0.717, 1.165) is 16.6 Å². The Labute approximate surface area is 172 Å². The highest BCUT2D eigenvalue weighted by molar-refractivity contribution is 9.10. The number of alkyl halides is 3. The lowest BCUT2D eigenvalue weighted by molar-refractivity contribution is -0.137. The highest BCUT2D eigenvalue weighted by atomic mass is 79.9. The van der Waals surface area contributed by atoms with Gasteiger partial charge in [0, 0.05) is 27.0 Å². The first kappa shape index (κ1) is 20.6. The number of carbonyl (C=O) groups is 2. The monoisotopic (exact) mass is 462 g/mol. The Kier molecular flexibility index (Phi) is 6.03. The fraction of sp³-hybridized carbons (Fsp3) is 0.0476. The minimum Gasteiger partial charge on any atom is -0.322 e. The van der Waals surface area contributed by atoms with E-state index in [9.17, 15) is 22.8 Å². The lowest BCUT2D eigenvalue weighted by Crippen LogP contribution is -2.15. The quantitative estimate of drug-likeness (QED) is 0.501. The normalized spacial score (nSPS) is 11.0. The minimum atomic E-state index is -4.50. The molecule has 3 rings (SSSR count). The van der Waals surface area contributed by atoms with Gasteiger partial charge >= 0.3 is 6.18 Å². The van der Waals surface area contributed by atoms with Crippen LogP contribution >= 0.6 is 15.9 Å². The van der Waals surface area contributed by atoms with Crippen molar-refractivity contribution in [2.75, 3.05) is 10.6 Å². The third-order valence-electron chi connectivity index (χ3n) is 3.92. The Morgan fingerprint density at radius 3 is 1.83 bits per heavy atom. The Morgan fingerprint density at radius 1 is 0.724 bits per heavy atom. The number of halogens is 4. The van der Waals surface area contributed by atoms with Crippen LogP contribution in [0.3, 0.4) is 0 Å². The fourth-order valence-electron chi connectivity index (χ4n) is 2.55. The molecule has 3 aromatic carbocycles. The Balaban J connectivity index is 1.74. The summed E-state index contributed by atoms with van der Waals surface area (Å²) in [6, 6.07) is 17.3. The molecule has 2 N–H and O–H groups in total. The molecule has 8 heteroatoms. The Hall–Kier alpha value is -3.13. The molecule has 0 aliphatic rings. The highest BCUT2D eigenvalue weighted by Gasteiger charge is 2.30. The van der Waals surface area contributed by atoms with E-state index in [0.29, 0.717) is 11.3 Å². The number of nitrogens with one attached hydrogen (secondary N) is 2. The lowest BCUT2D eigenvalue weighted by Gasteiger charge is -2.11. The number of benzene rings is 3.